The van der Waals surface area contributed by atoms with E-state index in [0.29, 0.717) is 5.75 Å². The van der Waals surface area contributed by atoms with Crippen LogP contribution in [-0.4, -0.2) is 14.3 Å². The summed E-state index contributed by atoms with van der Waals surface area (Å²) in [5, 5.41) is 0.117. The Kier molecular flexibility index (Phi) is 4.81. The Morgan fingerprint density at radius 3 is 2.35 bits per heavy atom. The molecule has 0 saturated carbocycles. The van der Waals surface area contributed by atoms with Gasteiger partial charge in [0.15, 0.2) is 0 Å². The number of rotatable bonds is 4. The molecule has 0 spiro atoms. The van der Waals surface area contributed by atoms with Crippen molar-refractivity contribution in [3.8, 4) is 11.5 Å². The topological polar surface area (TPSA) is 35.5 Å². The molecular formula is C16H24O3Si. The summed E-state index contributed by atoms with van der Waals surface area (Å²) in [6.45, 7) is 16.0. The molecule has 1 aromatic carbocycles. The van der Waals surface area contributed by atoms with Crippen LogP contribution in [0.2, 0.25) is 18.1 Å². The fourth-order valence-electron chi connectivity index (χ4n) is 1.44. The van der Waals surface area contributed by atoms with Crippen LogP contribution >= 0.6 is 0 Å². The second kappa shape index (κ2) is 5.83. The molecule has 0 aromatic heterocycles. The first-order valence-corrected chi connectivity index (χ1v) is 9.61. The molecule has 0 atom stereocenters. The van der Waals surface area contributed by atoms with Gasteiger partial charge in [-0.2, -0.15) is 0 Å². The summed E-state index contributed by atoms with van der Waals surface area (Å²) in [7, 11) is -1.90. The summed E-state index contributed by atoms with van der Waals surface area (Å²) in [5.41, 5.74) is 0.780. The number of esters is 1. The highest BCUT2D eigenvalue weighted by atomic mass is 28.4. The van der Waals surface area contributed by atoms with Crippen LogP contribution in [0.4, 0.5) is 0 Å². The third kappa shape index (κ3) is 3.97. The number of benzene rings is 1. The van der Waals surface area contributed by atoms with Gasteiger partial charge in [-0.3, -0.25) is 4.79 Å². The smallest absolute Gasteiger partial charge is 0.308 e. The van der Waals surface area contributed by atoms with E-state index >= 15 is 0 Å². The molecule has 0 aliphatic rings. The monoisotopic (exact) mass is 292 g/mol. The Labute approximate surface area is 122 Å². The van der Waals surface area contributed by atoms with Crippen molar-refractivity contribution in [3.05, 3.63) is 30.3 Å². The first kappa shape index (κ1) is 16.5. The van der Waals surface area contributed by atoms with Gasteiger partial charge in [-0.1, -0.05) is 33.4 Å². The molecule has 20 heavy (non-hydrogen) atoms. The van der Waals surface area contributed by atoms with Crippen LogP contribution in [0.3, 0.4) is 0 Å². The van der Waals surface area contributed by atoms with Gasteiger partial charge in [-0.25, -0.2) is 0 Å². The van der Waals surface area contributed by atoms with Crippen LogP contribution in [-0.2, 0) is 4.79 Å². The minimum Gasteiger partial charge on any atom is -0.543 e. The first-order valence-electron chi connectivity index (χ1n) is 6.71. The maximum absolute atomic E-state index is 11.1. The van der Waals surface area contributed by atoms with Crippen LogP contribution in [0, 0.1) is 0 Å². The van der Waals surface area contributed by atoms with E-state index in [0.717, 1.165) is 11.3 Å². The fourth-order valence-corrected chi connectivity index (χ4v) is 2.46. The lowest BCUT2D eigenvalue weighted by atomic mass is 10.2. The highest BCUT2D eigenvalue weighted by Crippen LogP contribution is 2.38. The summed E-state index contributed by atoms with van der Waals surface area (Å²) in [5.74, 6) is 0.875. The van der Waals surface area contributed by atoms with Crippen molar-refractivity contribution < 1.29 is 14.0 Å². The zero-order valence-electron chi connectivity index (χ0n) is 13.2. The summed E-state index contributed by atoms with van der Waals surface area (Å²) < 4.78 is 11.4. The van der Waals surface area contributed by atoms with E-state index in [4.69, 9.17) is 9.16 Å². The second-order valence-corrected chi connectivity index (χ2v) is 11.1. The lowest BCUT2D eigenvalue weighted by Crippen LogP contribution is -2.43. The van der Waals surface area contributed by atoms with Gasteiger partial charge in [0.2, 0.25) is 8.32 Å². The molecule has 0 saturated heterocycles. The van der Waals surface area contributed by atoms with Crippen LogP contribution in [0.1, 0.15) is 33.3 Å². The van der Waals surface area contributed by atoms with Gasteiger partial charge in [-0.15, -0.1) is 0 Å². The van der Waals surface area contributed by atoms with Crippen molar-refractivity contribution in [2.24, 2.45) is 0 Å². The highest BCUT2D eigenvalue weighted by molar-refractivity contribution is 6.74. The molecule has 0 radical (unpaired) electrons. The summed E-state index contributed by atoms with van der Waals surface area (Å²) in [6, 6.07) is 5.51. The van der Waals surface area contributed by atoms with E-state index in [2.05, 4.69) is 40.4 Å². The molecule has 3 nitrogen and oxygen atoms in total. The SMILES string of the molecule is C=Cc1ccc(O[Si](C)(C)C(C)(C)C)cc1OC(C)=O. The van der Waals surface area contributed by atoms with Crippen molar-refractivity contribution in [3.63, 3.8) is 0 Å². The van der Waals surface area contributed by atoms with E-state index in [-0.39, 0.29) is 11.0 Å². The molecule has 0 amide bonds. The number of carbonyl (C=O) groups is 1. The molecular weight excluding hydrogens is 268 g/mol. The normalized spacial score (nSPS) is 11.9. The van der Waals surface area contributed by atoms with Crippen molar-refractivity contribution in [1.82, 2.24) is 0 Å². The van der Waals surface area contributed by atoms with Gasteiger partial charge in [-0.05, 0) is 30.3 Å². The van der Waals surface area contributed by atoms with Crippen LogP contribution in [0.25, 0.3) is 6.08 Å². The van der Waals surface area contributed by atoms with E-state index in [1.165, 1.54) is 6.92 Å². The van der Waals surface area contributed by atoms with Crippen LogP contribution in [0.15, 0.2) is 24.8 Å². The third-order valence-corrected chi connectivity index (χ3v) is 8.00. The van der Waals surface area contributed by atoms with E-state index in [1.54, 1.807) is 12.1 Å². The summed E-state index contributed by atoms with van der Waals surface area (Å²) in [6.07, 6.45) is 1.66. The molecule has 0 N–H and O–H groups in total. The minimum atomic E-state index is -1.90. The Morgan fingerprint density at radius 2 is 1.90 bits per heavy atom. The minimum absolute atomic E-state index is 0.117. The molecule has 110 valence electrons. The quantitative estimate of drug-likeness (QED) is 0.461. The maximum Gasteiger partial charge on any atom is 0.308 e. The lowest BCUT2D eigenvalue weighted by Gasteiger charge is -2.36. The van der Waals surface area contributed by atoms with Gasteiger partial charge in [0, 0.05) is 18.6 Å². The average Bonchev–Trinajstić information content (AvgIpc) is 2.26. The summed E-state index contributed by atoms with van der Waals surface area (Å²) in [4.78, 5) is 11.1. The average molecular weight is 292 g/mol. The van der Waals surface area contributed by atoms with Crippen molar-refractivity contribution in [2.75, 3.05) is 0 Å². The van der Waals surface area contributed by atoms with Gasteiger partial charge >= 0.3 is 5.97 Å². The molecule has 0 unspecified atom stereocenters. The molecule has 0 bridgehead atoms. The highest BCUT2D eigenvalue weighted by Gasteiger charge is 2.39. The van der Waals surface area contributed by atoms with Crippen molar-refractivity contribution in [1.29, 1.82) is 0 Å². The van der Waals surface area contributed by atoms with E-state index in [1.807, 2.05) is 12.1 Å². The molecule has 0 aliphatic heterocycles. The lowest BCUT2D eigenvalue weighted by molar-refractivity contribution is -0.131. The standard InChI is InChI=1S/C16H24O3Si/c1-8-13-9-10-14(11-15(13)18-12(2)17)19-20(6,7)16(3,4)5/h8-11H,1H2,2-7H3. The molecule has 0 fully saturated rings. The third-order valence-electron chi connectivity index (χ3n) is 3.64. The molecule has 1 rings (SSSR count). The van der Waals surface area contributed by atoms with Gasteiger partial charge < -0.3 is 9.16 Å². The number of carbonyl (C=O) groups excluding carboxylic acids is 1. The second-order valence-electron chi connectivity index (χ2n) is 6.36. The zero-order valence-corrected chi connectivity index (χ0v) is 14.2. The molecule has 0 heterocycles. The Hall–Kier alpha value is -1.55. The predicted molar refractivity (Wildman–Crippen MR) is 85.7 cm³/mol. The maximum atomic E-state index is 11.1. The number of ether oxygens (including phenoxy) is 1. The van der Waals surface area contributed by atoms with Crippen LogP contribution in [0.5, 0.6) is 11.5 Å². The molecule has 1 aromatic rings. The predicted octanol–water partition coefficient (Wildman–Crippen LogP) is 4.64. The fraction of sp³-hybridized carbons (Fsp3) is 0.438. The molecule has 0 aliphatic carbocycles. The molecule has 4 heteroatoms. The Balaban J connectivity index is 3.09. The van der Waals surface area contributed by atoms with E-state index < -0.39 is 8.32 Å². The van der Waals surface area contributed by atoms with E-state index in [9.17, 15) is 4.79 Å². The van der Waals surface area contributed by atoms with Crippen molar-refractivity contribution in [2.45, 2.75) is 45.8 Å². The first-order chi connectivity index (χ1) is 9.06. The summed E-state index contributed by atoms with van der Waals surface area (Å²) >= 11 is 0. The number of hydrogen-bond donors (Lipinski definition) is 0. The Morgan fingerprint density at radius 1 is 1.30 bits per heavy atom. The largest absolute Gasteiger partial charge is 0.543 e. The van der Waals surface area contributed by atoms with Crippen molar-refractivity contribution >= 4 is 20.4 Å². The van der Waals surface area contributed by atoms with Crippen LogP contribution < -0.4 is 9.16 Å². The van der Waals surface area contributed by atoms with Gasteiger partial charge in [0.1, 0.15) is 11.5 Å². The van der Waals surface area contributed by atoms with Gasteiger partial charge in [0.05, 0.1) is 0 Å². The Bertz CT molecular complexity index is 513. The zero-order chi connectivity index (χ0) is 15.6. The number of hydrogen-bond acceptors (Lipinski definition) is 3. The van der Waals surface area contributed by atoms with Gasteiger partial charge in [0.25, 0.3) is 0 Å².